The molecule has 2 unspecified atom stereocenters. The molecular formula is C26H26F2N2O2. The Balaban J connectivity index is 1.48. The maximum Gasteiger partial charge on any atom is 0.145 e. The van der Waals surface area contributed by atoms with Crippen LogP contribution in [0, 0.1) is 18.6 Å². The lowest BCUT2D eigenvalue weighted by molar-refractivity contribution is 0.0314. The molecule has 0 saturated heterocycles. The predicted molar refractivity (Wildman–Crippen MR) is 120 cm³/mol. The third-order valence-electron chi connectivity index (χ3n) is 5.68. The van der Waals surface area contributed by atoms with Crippen LogP contribution in [0.1, 0.15) is 34.8 Å². The van der Waals surface area contributed by atoms with Crippen LogP contribution in [-0.4, -0.2) is 34.9 Å². The van der Waals surface area contributed by atoms with Crippen LogP contribution in [0.3, 0.4) is 0 Å². The van der Waals surface area contributed by atoms with Gasteiger partial charge in [0.05, 0.1) is 11.8 Å². The Hall–Kier alpha value is -3.09. The van der Waals surface area contributed by atoms with Crippen LogP contribution in [0.25, 0.3) is 0 Å². The van der Waals surface area contributed by atoms with E-state index in [1.807, 2.05) is 66.4 Å². The van der Waals surface area contributed by atoms with E-state index in [1.54, 1.807) is 0 Å². The summed E-state index contributed by atoms with van der Waals surface area (Å²) >= 11 is 0. The van der Waals surface area contributed by atoms with E-state index >= 15 is 0 Å². The van der Waals surface area contributed by atoms with Crippen molar-refractivity contribution in [2.75, 3.05) is 13.1 Å². The Bertz CT molecular complexity index is 1090. The zero-order chi connectivity index (χ0) is 22.5. The highest BCUT2D eigenvalue weighted by molar-refractivity contribution is 6.02. The van der Waals surface area contributed by atoms with E-state index in [1.165, 1.54) is 12.1 Å². The second-order valence-electron chi connectivity index (χ2n) is 8.14. The minimum Gasteiger partial charge on any atom is -0.390 e. The largest absolute Gasteiger partial charge is 0.390 e. The van der Waals surface area contributed by atoms with Crippen LogP contribution in [0.2, 0.25) is 0 Å². The van der Waals surface area contributed by atoms with Crippen molar-refractivity contribution in [2.45, 2.75) is 32.1 Å². The molecule has 0 saturated carbocycles. The van der Waals surface area contributed by atoms with Gasteiger partial charge in [0.15, 0.2) is 0 Å². The van der Waals surface area contributed by atoms with Gasteiger partial charge in [-0.25, -0.2) is 8.78 Å². The van der Waals surface area contributed by atoms with Crippen LogP contribution < -0.4 is 0 Å². The zero-order valence-electron chi connectivity index (χ0n) is 17.9. The number of halogens is 2. The number of aryl methyl sites for hydroxylation is 1. The summed E-state index contributed by atoms with van der Waals surface area (Å²) < 4.78 is 27.7. The van der Waals surface area contributed by atoms with Crippen molar-refractivity contribution in [1.82, 2.24) is 4.90 Å². The van der Waals surface area contributed by atoms with E-state index in [4.69, 9.17) is 4.84 Å². The molecule has 4 rings (SSSR count). The molecule has 1 N–H and O–H groups in total. The highest BCUT2D eigenvalue weighted by Crippen LogP contribution is 2.23. The number of benzene rings is 3. The van der Waals surface area contributed by atoms with Gasteiger partial charge in [0, 0.05) is 43.2 Å². The van der Waals surface area contributed by atoms with Crippen molar-refractivity contribution in [1.29, 1.82) is 0 Å². The summed E-state index contributed by atoms with van der Waals surface area (Å²) in [6.45, 7) is 2.97. The Morgan fingerprint density at radius 1 is 1.06 bits per heavy atom. The summed E-state index contributed by atoms with van der Waals surface area (Å²) in [4.78, 5) is 7.62. The van der Waals surface area contributed by atoms with Gasteiger partial charge in [0.2, 0.25) is 0 Å². The molecule has 0 aromatic heterocycles. The van der Waals surface area contributed by atoms with E-state index < -0.39 is 17.7 Å². The fraction of sp³-hybridized carbons (Fsp3) is 0.269. The molecule has 0 radical (unpaired) electrons. The normalized spacial score (nSPS) is 16.7. The van der Waals surface area contributed by atoms with Crippen molar-refractivity contribution in [3.05, 3.63) is 107 Å². The predicted octanol–water partition coefficient (Wildman–Crippen LogP) is 5.00. The number of aliphatic hydroxyl groups excluding tert-OH is 1. The molecule has 166 valence electrons. The monoisotopic (exact) mass is 436 g/mol. The van der Waals surface area contributed by atoms with Gasteiger partial charge in [0.1, 0.15) is 17.7 Å². The van der Waals surface area contributed by atoms with Gasteiger partial charge in [-0.2, -0.15) is 0 Å². The minimum atomic E-state index is -0.752. The molecular weight excluding hydrogens is 410 g/mol. The molecule has 32 heavy (non-hydrogen) atoms. The molecule has 2 atom stereocenters. The number of nitrogens with zero attached hydrogens (tertiary/aromatic N) is 2. The standard InChI is InChI=1S/C26H26F2N2O2/c1-18-7-5-6-10-23(18)25-14-22(32-29-25)16-30(15-20-11-12-21(27)13-24(20)28)17-26(31)19-8-3-2-4-9-19/h2-13,22,26,31H,14-17H2,1H3. The third kappa shape index (κ3) is 5.39. The number of aliphatic hydroxyl groups is 1. The Kier molecular flexibility index (Phi) is 6.93. The summed E-state index contributed by atoms with van der Waals surface area (Å²) in [6, 6.07) is 20.9. The number of oxime groups is 1. The molecule has 1 heterocycles. The van der Waals surface area contributed by atoms with Gasteiger partial charge in [0.25, 0.3) is 0 Å². The summed E-state index contributed by atoms with van der Waals surface area (Å²) in [7, 11) is 0. The van der Waals surface area contributed by atoms with Gasteiger partial charge in [-0.15, -0.1) is 0 Å². The van der Waals surface area contributed by atoms with Crippen LogP contribution >= 0.6 is 0 Å². The van der Waals surface area contributed by atoms with E-state index in [-0.39, 0.29) is 19.2 Å². The van der Waals surface area contributed by atoms with Crippen LogP contribution in [0.5, 0.6) is 0 Å². The smallest absolute Gasteiger partial charge is 0.145 e. The molecule has 1 aliphatic heterocycles. The Morgan fingerprint density at radius 3 is 2.56 bits per heavy atom. The fourth-order valence-corrected chi connectivity index (χ4v) is 3.99. The fourth-order valence-electron chi connectivity index (χ4n) is 3.99. The van der Waals surface area contributed by atoms with Crippen LogP contribution in [0.15, 0.2) is 78.0 Å². The molecule has 4 nitrogen and oxygen atoms in total. The number of hydrogen-bond acceptors (Lipinski definition) is 4. The minimum absolute atomic E-state index is 0.218. The Labute approximate surface area is 186 Å². The highest BCUT2D eigenvalue weighted by atomic mass is 19.1. The molecule has 0 bridgehead atoms. The lowest BCUT2D eigenvalue weighted by Gasteiger charge is -2.27. The average Bonchev–Trinajstić information content (AvgIpc) is 3.24. The quantitative estimate of drug-likeness (QED) is 0.540. The van der Waals surface area contributed by atoms with Gasteiger partial charge < -0.3 is 9.94 Å². The Morgan fingerprint density at radius 2 is 1.81 bits per heavy atom. The van der Waals surface area contributed by atoms with Crippen LogP contribution in [0.4, 0.5) is 8.78 Å². The van der Waals surface area contributed by atoms with E-state index in [2.05, 4.69) is 5.16 Å². The third-order valence-corrected chi connectivity index (χ3v) is 5.68. The second kappa shape index (κ2) is 10.0. The first kappa shape index (κ1) is 22.1. The van der Waals surface area contributed by atoms with Crippen molar-refractivity contribution in [3.8, 4) is 0 Å². The molecule has 1 aliphatic rings. The average molecular weight is 437 g/mol. The summed E-state index contributed by atoms with van der Waals surface area (Å²) in [5.41, 5.74) is 4.20. The van der Waals surface area contributed by atoms with Gasteiger partial charge in [-0.3, -0.25) is 4.90 Å². The first-order valence-corrected chi connectivity index (χ1v) is 10.7. The number of hydrogen-bond donors (Lipinski definition) is 1. The summed E-state index contributed by atoms with van der Waals surface area (Å²) in [5, 5.41) is 15.0. The van der Waals surface area contributed by atoms with Crippen molar-refractivity contribution < 1.29 is 18.7 Å². The van der Waals surface area contributed by atoms with Crippen LogP contribution in [-0.2, 0) is 11.4 Å². The lowest BCUT2D eigenvalue weighted by Crippen LogP contribution is -2.35. The van der Waals surface area contributed by atoms with Gasteiger partial charge in [-0.1, -0.05) is 65.8 Å². The molecule has 0 fully saturated rings. The maximum atomic E-state index is 14.3. The zero-order valence-corrected chi connectivity index (χ0v) is 17.9. The van der Waals surface area contributed by atoms with E-state index in [0.29, 0.717) is 18.5 Å². The first-order chi connectivity index (χ1) is 15.5. The lowest BCUT2D eigenvalue weighted by atomic mass is 10.00. The molecule has 3 aromatic rings. The first-order valence-electron chi connectivity index (χ1n) is 10.7. The second-order valence-corrected chi connectivity index (χ2v) is 8.14. The van der Waals surface area contributed by atoms with Crippen molar-refractivity contribution in [2.24, 2.45) is 5.16 Å². The molecule has 0 amide bonds. The SMILES string of the molecule is Cc1ccccc1C1=NOC(CN(Cc2ccc(F)cc2F)CC(O)c2ccccc2)C1. The van der Waals surface area contributed by atoms with Crippen molar-refractivity contribution in [3.63, 3.8) is 0 Å². The number of rotatable bonds is 8. The summed E-state index contributed by atoms with van der Waals surface area (Å²) in [5.74, 6) is -1.22. The van der Waals surface area contributed by atoms with Crippen molar-refractivity contribution >= 4 is 5.71 Å². The van der Waals surface area contributed by atoms with Gasteiger partial charge in [-0.05, 0) is 24.1 Å². The molecule has 0 spiro atoms. The maximum absolute atomic E-state index is 14.3. The van der Waals surface area contributed by atoms with E-state index in [0.717, 1.165) is 28.5 Å². The highest BCUT2D eigenvalue weighted by Gasteiger charge is 2.27. The van der Waals surface area contributed by atoms with Gasteiger partial charge >= 0.3 is 0 Å². The summed E-state index contributed by atoms with van der Waals surface area (Å²) in [6.07, 6.45) is -0.358. The van der Waals surface area contributed by atoms with E-state index in [9.17, 15) is 13.9 Å². The molecule has 0 aliphatic carbocycles. The molecule has 3 aromatic carbocycles. The topological polar surface area (TPSA) is 45.1 Å². The molecule has 6 heteroatoms.